The molecule has 0 bridgehead atoms. The van der Waals surface area contributed by atoms with Crippen LogP contribution in [-0.4, -0.2) is 36.0 Å². The first-order valence-corrected chi connectivity index (χ1v) is 17.7. The molecule has 6 heteroatoms. The van der Waals surface area contributed by atoms with Crippen molar-refractivity contribution in [2.75, 3.05) is 6.61 Å². The van der Waals surface area contributed by atoms with E-state index < -0.39 is 19.8 Å². The molecule has 1 heterocycles. The molecule has 1 aromatic heterocycles. The third-order valence-corrected chi connectivity index (χ3v) is 7.63. The number of hydrogen-bond donors (Lipinski definition) is 0. The van der Waals surface area contributed by atoms with Crippen molar-refractivity contribution in [1.29, 1.82) is 0 Å². The molecule has 1 unspecified atom stereocenters. The lowest BCUT2D eigenvalue weighted by Gasteiger charge is -2.37. The maximum absolute atomic E-state index is 7.06. The average molecular weight is 570 g/mol. The van der Waals surface area contributed by atoms with Crippen molar-refractivity contribution >= 4 is 8.07 Å². The molecule has 0 radical (unpaired) electrons. The molecule has 0 fully saturated rings. The molecule has 0 amide bonds. The van der Waals surface area contributed by atoms with Crippen molar-refractivity contribution in [3.8, 4) is 28.7 Å². The van der Waals surface area contributed by atoms with Gasteiger partial charge in [0.25, 0.3) is 0 Å². The van der Waals surface area contributed by atoms with Crippen LogP contribution in [0.1, 0.15) is 23.1 Å². The van der Waals surface area contributed by atoms with Crippen molar-refractivity contribution < 1.29 is 9.47 Å². The summed E-state index contributed by atoms with van der Waals surface area (Å²) in [4.78, 5) is 4.67. The fraction of sp³-hybridized carbons (Fsp3) is 0.194. The predicted octanol–water partition coefficient (Wildman–Crippen LogP) is 7.57. The fourth-order valence-electron chi connectivity index (χ4n) is 4.79. The highest BCUT2D eigenvalue weighted by Crippen LogP contribution is 2.40. The maximum Gasteiger partial charge on any atom is 0.336 e. The average Bonchev–Trinajstić information content (AvgIpc) is 3.03. The van der Waals surface area contributed by atoms with E-state index in [0.717, 1.165) is 22.3 Å². The van der Waals surface area contributed by atoms with E-state index in [4.69, 9.17) is 9.47 Å². The number of ether oxygens (including phenoxy) is 2. The molecule has 1 atom stereocenters. The summed E-state index contributed by atoms with van der Waals surface area (Å²) in [7, 11) is -1.59. The lowest BCUT2D eigenvalue weighted by Crippen LogP contribution is -2.37. The van der Waals surface area contributed by atoms with Gasteiger partial charge in [-0.1, -0.05) is 146 Å². The third-order valence-electron chi connectivity index (χ3n) is 6.70. The molecule has 0 saturated heterocycles. The first-order valence-electron chi connectivity index (χ1n) is 14.2. The minimum Gasteiger partial charge on any atom is -0.456 e. The van der Waals surface area contributed by atoms with E-state index in [1.165, 1.54) is 0 Å². The monoisotopic (exact) mass is 569 g/mol. The summed E-state index contributed by atoms with van der Waals surface area (Å²) in [5, 5.41) is 8.38. The Kier molecular flexibility index (Phi) is 9.23. The second kappa shape index (κ2) is 13.4. The molecule has 0 spiro atoms. The van der Waals surface area contributed by atoms with Crippen LogP contribution in [0.4, 0.5) is 0 Å². The predicted molar refractivity (Wildman–Crippen MR) is 171 cm³/mol. The van der Waals surface area contributed by atoms with Crippen LogP contribution in [-0.2, 0) is 10.3 Å². The van der Waals surface area contributed by atoms with Gasteiger partial charge in [-0.15, -0.1) is 11.5 Å². The molecule has 42 heavy (non-hydrogen) atoms. The molecule has 5 aromatic rings. The van der Waals surface area contributed by atoms with E-state index in [-0.39, 0.29) is 12.6 Å². The molecular weight excluding hydrogens is 535 g/mol. The van der Waals surface area contributed by atoms with Gasteiger partial charge in [-0.3, -0.25) is 0 Å². The third kappa shape index (κ3) is 7.19. The smallest absolute Gasteiger partial charge is 0.336 e. The van der Waals surface area contributed by atoms with Crippen LogP contribution in [0.3, 0.4) is 0 Å². The summed E-state index contributed by atoms with van der Waals surface area (Å²) in [5.41, 5.74) is 7.31. The zero-order chi connectivity index (χ0) is 29.3. The normalized spacial score (nSPS) is 12.2. The molecule has 0 aliphatic heterocycles. The molecular formula is C36H35N3O2Si. The van der Waals surface area contributed by atoms with Gasteiger partial charge in [0.1, 0.15) is 19.8 Å². The first kappa shape index (κ1) is 28.9. The lowest BCUT2D eigenvalue weighted by atomic mass is 9.80. The Morgan fingerprint density at radius 1 is 0.714 bits per heavy atom. The highest BCUT2D eigenvalue weighted by molar-refractivity contribution is 6.83. The Morgan fingerprint density at radius 3 is 1.71 bits per heavy atom. The van der Waals surface area contributed by atoms with E-state index in [9.17, 15) is 0 Å². The largest absolute Gasteiger partial charge is 0.456 e. The van der Waals surface area contributed by atoms with Gasteiger partial charge in [0.15, 0.2) is 0 Å². The molecule has 4 aromatic carbocycles. The number of hydrogen-bond acceptors (Lipinski definition) is 5. The van der Waals surface area contributed by atoms with Gasteiger partial charge in [-0.05, 0) is 16.7 Å². The van der Waals surface area contributed by atoms with Crippen LogP contribution in [0.5, 0.6) is 6.01 Å². The molecule has 0 aliphatic rings. The van der Waals surface area contributed by atoms with Crippen molar-refractivity contribution in [2.24, 2.45) is 0 Å². The topological polar surface area (TPSA) is 57.1 Å². The quantitative estimate of drug-likeness (QED) is 0.0987. The Morgan fingerprint density at radius 2 is 1.21 bits per heavy atom. The molecule has 0 saturated carbocycles. The maximum atomic E-state index is 7.06. The van der Waals surface area contributed by atoms with Crippen molar-refractivity contribution in [1.82, 2.24) is 15.2 Å². The van der Waals surface area contributed by atoms with Crippen LogP contribution in [0.15, 0.2) is 128 Å². The number of rotatable bonds is 10. The Balaban J connectivity index is 1.52. The van der Waals surface area contributed by atoms with Gasteiger partial charge in [0.05, 0.1) is 18.5 Å². The summed E-state index contributed by atoms with van der Waals surface area (Å²) >= 11 is 0. The zero-order valence-electron chi connectivity index (χ0n) is 24.3. The minimum absolute atomic E-state index is 0.199. The van der Waals surface area contributed by atoms with Crippen molar-refractivity contribution in [3.05, 3.63) is 144 Å². The lowest BCUT2D eigenvalue weighted by molar-refractivity contribution is -0.0312. The number of benzene rings is 4. The van der Waals surface area contributed by atoms with E-state index >= 15 is 0 Å². The van der Waals surface area contributed by atoms with Gasteiger partial charge >= 0.3 is 6.01 Å². The van der Waals surface area contributed by atoms with Gasteiger partial charge < -0.3 is 9.47 Å². The van der Waals surface area contributed by atoms with Crippen LogP contribution < -0.4 is 4.74 Å². The van der Waals surface area contributed by atoms with Crippen LogP contribution >= 0.6 is 0 Å². The summed E-state index contributed by atoms with van der Waals surface area (Å²) in [5.74, 6) is 3.38. The molecule has 0 aliphatic carbocycles. The van der Waals surface area contributed by atoms with E-state index in [2.05, 4.69) is 82.7 Å². The number of aromatic nitrogens is 3. The molecule has 0 N–H and O–H groups in total. The van der Waals surface area contributed by atoms with E-state index in [1.54, 1.807) is 6.20 Å². The number of nitrogens with zero attached hydrogens (tertiary/aromatic N) is 3. The standard InChI is InChI=1S/C36H35N3O2Si/c1-42(2,3)26-16-25-33(41-35-38-34(27-37-39-35)29-17-8-4-9-18-29)28-40-36(30-19-10-5-11-20-30,31-21-12-6-13-22-31)32-23-14-7-15-24-32/h4-15,17-24,27,33H,25,28H2,1-3H3. The molecule has 5 rings (SSSR count). The van der Waals surface area contributed by atoms with Crippen LogP contribution in [0.25, 0.3) is 11.3 Å². The SMILES string of the molecule is C[Si](C)(C)C#CCC(COC(c1ccccc1)(c1ccccc1)c1ccccc1)Oc1nncc(-c2ccccc2)n1. The summed E-state index contributed by atoms with van der Waals surface area (Å²) < 4.78 is 13.5. The fourth-order valence-corrected chi connectivity index (χ4v) is 5.42. The highest BCUT2D eigenvalue weighted by Gasteiger charge is 2.38. The Labute approximate surface area is 249 Å². The Hall–Kier alpha value is -4.57. The summed E-state index contributed by atoms with van der Waals surface area (Å²) in [6, 6.07) is 41.1. The first-order chi connectivity index (χ1) is 20.4. The summed E-state index contributed by atoms with van der Waals surface area (Å²) in [6.45, 7) is 6.94. The van der Waals surface area contributed by atoms with Crippen LogP contribution in [0.2, 0.25) is 19.6 Å². The Bertz CT molecular complexity index is 1520. The van der Waals surface area contributed by atoms with Gasteiger partial charge in [0, 0.05) is 12.0 Å². The van der Waals surface area contributed by atoms with Gasteiger partial charge in [-0.2, -0.15) is 10.1 Å². The van der Waals surface area contributed by atoms with Crippen molar-refractivity contribution in [2.45, 2.75) is 37.8 Å². The zero-order valence-corrected chi connectivity index (χ0v) is 25.3. The van der Waals surface area contributed by atoms with Gasteiger partial charge in [-0.25, -0.2) is 0 Å². The molecule has 5 nitrogen and oxygen atoms in total. The minimum atomic E-state index is -1.59. The van der Waals surface area contributed by atoms with Gasteiger partial charge in [0.2, 0.25) is 0 Å². The molecule has 210 valence electrons. The van der Waals surface area contributed by atoms with E-state index in [1.807, 2.05) is 84.9 Å². The highest BCUT2D eigenvalue weighted by atomic mass is 28.3. The van der Waals surface area contributed by atoms with Crippen molar-refractivity contribution in [3.63, 3.8) is 0 Å². The second-order valence-corrected chi connectivity index (χ2v) is 15.8. The second-order valence-electron chi connectivity index (χ2n) is 11.1. The van der Waals surface area contributed by atoms with Crippen LogP contribution in [0, 0.1) is 11.5 Å². The van der Waals surface area contributed by atoms with E-state index in [0.29, 0.717) is 12.1 Å². The summed E-state index contributed by atoms with van der Waals surface area (Å²) in [6.07, 6.45) is 1.68.